The Balaban J connectivity index is 3.02. The molecule has 0 amide bonds. The molecule has 0 N–H and O–H groups in total. The molecule has 0 atom stereocenters. The summed E-state index contributed by atoms with van der Waals surface area (Å²) < 4.78 is 72.2. The summed E-state index contributed by atoms with van der Waals surface area (Å²) in [5.41, 5.74) is -5.19. The molecule has 124 valence electrons. The molecule has 0 heterocycles. The first-order valence-electron chi connectivity index (χ1n) is 5.94. The number of hydrogen-bond acceptors (Lipinski definition) is 6. The minimum atomic E-state index is -5.80. The third-order valence-electron chi connectivity index (χ3n) is 2.36. The van der Waals surface area contributed by atoms with Gasteiger partial charge in [0.25, 0.3) is 0 Å². The van der Waals surface area contributed by atoms with Crippen molar-refractivity contribution in [3.63, 3.8) is 0 Å². The van der Waals surface area contributed by atoms with Crippen LogP contribution in [0, 0.1) is 0 Å². The van der Waals surface area contributed by atoms with Gasteiger partial charge in [0.1, 0.15) is 0 Å². The zero-order valence-corrected chi connectivity index (χ0v) is 12.5. The molecule has 0 aromatic heterocycles. The molecule has 1 aromatic carbocycles. The maximum Gasteiger partial charge on any atom is 0.534 e. The van der Waals surface area contributed by atoms with Crippen LogP contribution in [0.4, 0.5) is 13.2 Å². The molecule has 1 aromatic rings. The van der Waals surface area contributed by atoms with Crippen molar-refractivity contribution in [2.24, 2.45) is 0 Å². The van der Waals surface area contributed by atoms with Crippen LogP contribution < -0.4 is 8.92 Å². The van der Waals surface area contributed by atoms with Crippen LogP contribution in [0.2, 0.25) is 0 Å². The molecule has 0 unspecified atom stereocenters. The first-order valence-corrected chi connectivity index (χ1v) is 7.34. The van der Waals surface area contributed by atoms with Gasteiger partial charge < -0.3 is 13.7 Å². The quantitative estimate of drug-likeness (QED) is 0.447. The molecular weight excluding hydrogens is 329 g/mol. The Morgan fingerprint density at radius 2 is 1.86 bits per heavy atom. The second-order valence-corrected chi connectivity index (χ2v) is 5.49. The van der Waals surface area contributed by atoms with Crippen LogP contribution >= 0.6 is 0 Å². The summed E-state index contributed by atoms with van der Waals surface area (Å²) >= 11 is 0. The molecule has 0 radical (unpaired) electrons. The second-order valence-electron chi connectivity index (χ2n) is 3.95. The molecule has 0 saturated heterocycles. The summed E-state index contributed by atoms with van der Waals surface area (Å²) in [7, 11) is -4.68. The van der Waals surface area contributed by atoms with Crippen molar-refractivity contribution < 1.29 is 40.0 Å². The van der Waals surface area contributed by atoms with Crippen LogP contribution in [-0.2, 0) is 26.1 Å². The summed E-state index contributed by atoms with van der Waals surface area (Å²) in [5, 5.41) is 0. The number of benzene rings is 1. The molecule has 10 heteroatoms. The largest absolute Gasteiger partial charge is 0.534 e. The van der Waals surface area contributed by atoms with Crippen molar-refractivity contribution in [2.75, 3.05) is 13.7 Å². The van der Waals surface area contributed by atoms with E-state index in [0.717, 1.165) is 13.2 Å². The van der Waals surface area contributed by atoms with E-state index in [9.17, 15) is 26.4 Å². The fourth-order valence-electron chi connectivity index (χ4n) is 1.43. The highest BCUT2D eigenvalue weighted by Crippen LogP contribution is 2.33. The maximum atomic E-state index is 12.3. The van der Waals surface area contributed by atoms with Crippen LogP contribution in [0.5, 0.6) is 11.5 Å². The molecule has 0 spiro atoms. The lowest BCUT2D eigenvalue weighted by molar-refractivity contribution is -0.142. The van der Waals surface area contributed by atoms with Crippen LogP contribution in [0.15, 0.2) is 18.2 Å². The zero-order valence-electron chi connectivity index (χ0n) is 11.6. The number of rotatable bonds is 6. The number of methoxy groups -OCH3 is 1. The molecule has 1 rings (SSSR count). The Kier molecular flexibility index (Phi) is 5.64. The fraction of sp³-hybridized carbons (Fsp3) is 0.417. The maximum absolute atomic E-state index is 12.3. The third-order valence-corrected chi connectivity index (χ3v) is 3.33. The average molecular weight is 342 g/mol. The highest BCUT2D eigenvalue weighted by Gasteiger charge is 2.48. The Labute approximate surface area is 124 Å². The number of hydrogen-bond donors (Lipinski definition) is 0. The topological polar surface area (TPSA) is 78.9 Å². The number of carbonyl (C=O) groups excluding carboxylic acids is 1. The van der Waals surface area contributed by atoms with Gasteiger partial charge in [0.15, 0.2) is 11.5 Å². The van der Waals surface area contributed by atoms with Gasteiger partial charge in [-0.3, -0.25) is 4.79 Å². The van der Waals surface area contributed by atoms with E-state index in [1.54, 1.807) is 6.92 Å². The van der Waals surface area contributed by atoms with Crippen LogP contribution in [0.25, 0.3) is 0 Å². The summed E-state index contributed by atoms with van der Waals surface area (Å²) in [6, 6.07) is 3.40. The number of halogens is 3. The van der Waals surface area contributed by atoms with Crippen molar-refractivity contribution >= 4 is 16.1 Å². The van der Waals surface area contributed by atoms with Gasteiger partial charge in [0.2, 0.25) is 0 Å². The van der Waals surface area contributed by atoms with Gasteiger partial charge >= 0.3 is 21.6 Å². The Morgan fingerprint density at radius 3 is 2.36 bits per heavy atom. The van der Waals surface area contributed by atoms with Gasteiger partial charge in [-0.15, -0.1) is 0 Å². The first-order chi connectivity index (χ1) is 10.1. The molecule has 0 fully saturated rings. The molecule has 22 heavy (non-hydrogen) atoms. The third kappa shape index (κ3) is 4.52. The smallest absolute Gasteiger partial charge is 0.493 e. The second kappa shape index (κ2) is 6.86. The van der Waals surface area contributed by atoms with Crippen molar-refractivity contribution in [2.45, 2.75) is 18.9 Å². The van der Waals surface area contributed by atoms with E-state index in [0.29, 0.717) is 5.56 Å². The minimum Gasteiger partial charge on any atom is -0.493 e. The average Bonchev–Trinajstić information content (AvgIpc) is 2.39. The van der Waals surface area contributed by atoms with Gasteiger partial charge in [-0.1, -0.05) is 6.07 Å². The van der Waals surface area contributed by atoms with Crippen molar-refractivity contribution in [1.29, 1.82) is 0 Å². The van der Waals surface area contributed by atoms with E-state index >= 15 is 0 Å². The van der Waals surface area contributed by atoms with E-state index in [2.05, 4.69) is 4.18 Å². The van der Waals surface area contributed by atoms with Crippen LogP contribution in [0.3, 0.4) is 0 Å². The molecule has 6 nitrogen and oxygen atoms in total. The fourth-order valence-corrected chi connectivity index (χ4v) is 1.90. The highest BCUT2D eigenvalue weighted by molar-refractivity contribution is 7.88. The molecule has 0 aliphatic rings. The van der Waals surface area contributed by atoms with E-state index in [-0.39, 0.29) is 18.8 Å². The van der Waals surface area contributed by atoms with Crippen LogP contribution in [-0.4, -0.2) is 33.6 Å². The predicted octanol–water partition coefficient (Wildman–Crippen LogP) is 2.03. The van der Waals surface area contributed by atoms with Gasteiger partial charge in [0, 0.05) is 0 Å². The van der Waals surface area contributed by atoms with Crippen molar-refractivity contribution in [1.82, 2.24) is 0 Å². The van der Waals surface area contributed by atoms with Gasteiger partial charge in [0.05, 0.1) is 20.1 Å². The van der Waals surface area contributed by atoms with E-state index in [1.807, 2.05) is 0 Å². The van der Waals surface area contributed by atoms with Gasteiger partial charge in [-0.25, -0.2) is 0 Å². The number of alkyl halides is 3. The molecule has 0 saturated carbocycles. The van der Waals surface area contributed by atoms with E-state index in [1.165, 1.54) is 12.1 Å². The first kappa shape index (κ1) is 18.1. The summed E-state index contributed by atoms with van der Waals surface area (Å²) in [4.78, 5) is 11.3. The van der Waals surface area contributed by atoms with Gasteiger partial charge in [-0.05, 0) is 24.6 Å². The normalized spacial score (nSPS) is 11.9. The standard InChI is InChI=1S/C12H13F3O6S/c1-3-20-11(16)7-8-4-5-9(10(6-8)19-2)21-22(17,18)12(13,14)15/h4-6H,3,7H2,1-2H3. The SMILES string of the molecule is CCOC(=O)Cc1ccc(OS(=O)(=O)C(F)(F)F)c(OC)c1. The number of carbonyl (C=O) groups is 1. The lowest BCUT2D eigenvalue weighted by Gasteiger charge is -2.13. The lowest BCUT2D eigenvalue weighted by Crippen LogP contribution is -2.28. The van der Waals surface area contributed by atoms with E-state index in [4.69, 9.17) is 9.47 Å². The lowest BCUT2D eigenvalue weighted by atomic mass is 10.1. The highest BCUT2D eigenvalue weighted by atomic mass is 32.2. The number of esters is 1. The van der Waals surface area contributed by atoms with Crippen LogP contribution in [0.1, 0.15) is 12.5 Å². The Bertz CT molecular complexity index is 639. The molecule has 0 aliphatic heterocycles. The molecule has 0 aliphatic carbocycles. The molecule has 0 bridgehead atoms. The van der Waals surface area contributed by atoms with Gasteiger partial charge in [-0.2, -0.15) is 21.6 Å². The van der Waals surface area contributed by atoms with Crippen molar-refractivity contribution in [3.05, 3.63) is 23.8 Å². The zero-order chi connectivity index (χ0) is 17.0. The van der Waals surface area contributed by atoms with E-state index < -0.39 is 27.3 Å². The monoisotopic (exact) mass is 342 g/mol. The Morgan fingerprint density at radius 1 is 1.23 bits per heavy atom. The summed E-state index contributed by atoms with van der Waals surface area (Å²) in [6.07, 6.45) is -0.142. The minimum absolute atomic E-state index is 0.142. The number of ether oxygens (including phenoxy) is 2. The predicted molar refractivity (Wildman–Crippen MR) is 68.9 cm³/mol. The Hall–Kier alpha value is -1.97. The summed E-state index contributed by atoms with van der Waals surface area (Å²) in [6.45, 7) is 1.80. The summed E-state index contributed by atoms with van der Waals surface area (Å²) in [5.74, 6) is -1.43. The molecular formula is C12H13F3O6S. The van der Waals surface area contributed by atoms with Crippen molar-refractivity contribution in [3.8, 4) is 11.5 Å².